The zero-order valence-electron chi connectivity index (χ0n) is 19.6. The summed E-state index contributed by atoms with van der Waals surface area (Å²) in [7, 11) is 0. The molecule has 5 nitrogen and oxygen atoms in total. The van der Waals surface area contributed by atoms with Gasteiger partial charge in [0.2, 0.25) is 0 Å². The molecule has 1 amide bonds. The monoisotopic (exact) mass is 430 g/mol. The summed E-state index contributed by atoms with van der Waals surface area (Å²) in [4.78, 5) is 15.2. The van der Waals surface area contributed by atoms with Crippen molar-refractivity contribution in [2.45, 2.75) is 53.1 Å². The van der Waals surface area contributed by atoms with E-state index in [0.717, 1.165) is 41.5 Å². The highest BCUT2D eigenvalue weighted by Gasteiger charge is 2.17. The Balaban J connectivity index is 1.35. The fourth-order valence-corrected chi connectivity index (χ4v) is 4.53. The van der Waals surface area contributed by atoms with Crippen LogP contribution in [0.5, 0.6) is 0 Å². The molecule has 1 aliphatic heterocycles. The van der Waals surface area contributed by atoms with Gasteiger partial charge in [-0.05, 0) is 81.0 Å². The van der Waals surface area contributed by atoms with Crippen molar-refractivity contribution in [3.8, 4) is 0 Å². The number of hydrogen-bond acceptors (Lipinski definition) is 3. The lowest BCUT2D eigenvalue weighted by Crippen LogP contribution is -2.34. The van der Waals surface area contributed by atoms with E-state index in [4.69, 9.17) is 0 Å². The van der Waals surface area contributed by atoms with Crippen molar-refractivity contribution in [2.24, 2.45) is 5.92 Å². The minimum absolute atomic E-state index is 0.0498. The number of nitrogens with zero attached hydrogens (tertiary/aromatic N) is 3. The molecule has 2 atom stereocenters. The molecular formula is C27H34N4O. The number of rotatable bonds is 6. The van der Waals surface area contributed by atoms with E-state index < -0.39 is 0 Å². The molecule has 32 heavy (non-hydrogen) atoms. The number of carbonyl (C=O) groups excluding carboxylic acids is 1. The van der Waals surface area contributed by atoms with Crippen molar-refractivity contribution < 1.29 is 4.79 Å². The van der Waals surface area contributed by atoms with Crippen LogP contribution in [0.25, 0.3) is 0 Å². The summed E-state index contributed by atoms with van der Waals surface area (Å²) in [6, 6.07) is 18.5. The van der Waals surface area contributed by atoms with Crippen molar-refractivity contribution in [1.29, 1.82) is 0 Å². The molecule has 0 unspecified atom stereocenters. The number of aromatic nitrogens is 2. The third-order valence-electron chi connectivity index (χ3n) is 6.41. The average Bonchev–Trinajstić information content (AvgIpc) is 3.10. The van der Waals surface area contributed by atoms with E-state index in [1.165, 1.54) is 18.5 Å². The normalized spacial score (nSPS) is 17.2. The largest absolute Gasteiger partial charge is 0.371 e. The molecule has 1 aliphatic rings. The summed E-state index contributed by atoms with van der Waals surface area (Å²) in [5.74, 6) is 0.699. The quantitative estimate of drug-likeness (QED) is 0.579. The molecule has 0 saturated carbocycles. The van der Waals surface area contributed by atoms with Crippen LogP contribution in [0.1, 0.15) is 65.6 Å². The summed E-state index contributed by atoms with van der Waals surface area (Å²) in [5.41, 5.74) is 6.35. The summed E-state index contributed by atoms with van der Waals surface area (Å²) in [5, 5.41) is 7.64. The van der Waals surface area contributed by atoms with Crippen LogP contribution in [0.4, 0.5) is 5.69 Å². The predicted molar refractivity (Wildman–Crippen MR) is 130 cm³/mol. The molecule has 0 bridgehead atoms. The molecule has 0 radical (unpaired) electrons. The van der Waals surface area contributed by atoms with Crippen LogP contribution >= 0.6 is 0 Å². The maximum atomic E-state index is 12.8. The van der Waals surface area contributed by atoms with Gasteiger partial charge in [-0.15, -0.1) is 0 Å². The summed E-state index contributed by atoms with van der Waals surface area (Å²) >= 11 is 0. The highest BCUT2D eigenvalue weighted by Crippen LogP contribution is 2.24. The van der Waals surface area contributed by atoms with E-state index in [0.29, 0.717) is 12.1 Å². The van der Waals surface area contributed by atoms with E-state index in [9.17, 15) is 4.79 Å². The highest BCUT2D eigenvalue weighted by molar-refractivity contribution is 5.94. The van der Waals surface area contributed by atoms with Crippen molar-refractivity contribution in [3.63, 3.8) is 0 Å². The van der Waals surface area contributed by atoms with Gasteiger partial charge in [0.15, 0.2) is 0 Å². The van der Waals surface area contributed by atoms with Crippen molar-refractivity contribution >= 4 is 11.6 Å². The molecule has 1 N–H and O–H groups in total. The van der Waals surface area contributed by atoms with Crippen molar-refractivity contribution in [1.82, 2.24) is 15.1 Å². The summed E-state index contributed by atoms with van der Waals surface area (Å²) < 4.78 is 1.99. The molecule has 168 valence electrons. The number of anilines is 1. The average molecular weight is 431 g/mol. The molecule has 1 aromatic heterocycles. The molecule has 0 aliphatic carbocycles. The standard InChI is InChI=1S/C27H34N4O/c1-19-6-5-15-30(17-19)26-13-11-24(12-14-26)22(4)28-27(32)25-9-7-23(8-10-25)18-31-21(3)16-20(2)29-31/h7-14,16,19,22H,5-6,15,17-18H2,1-4H3,(H,28,32)/t19-,22-/m1/s1. The van der Waals surface area contributed by atoms with E-state index >= 15 is 0 Å². The Morgan fingerprint density at radius 3 is 2.47 bits per heavy atom. The molecule has 2 aromatic carbocycles. The van der Waals surface area contributed by atoms with Crippen LogP contribution in [0.3, 0.4) is 0 Å². The lowest BCUT2D eigenvalue weighted by molar-refractivity contribution is 0.0940. The van der Waals surface area contributed by atoms with E-state index in [-0.39, 0.29) is 11.9 Å². The second-order valence-corrected chi connectivity index (χ2v) is 9.26. The van der Waals surface area contributed by atoms with Gasteiger partial charge < -0.3 is 10.2 Å². The Labute approximate surface area is 191 Å². The number of hydrogen-bond donors (Lipinski definition) is 1. The fourth-order valence-electron chi connectivity index (χ4n) is 4.53. The topological polar surface area (TPSA) is 50.2 Å². The molecule has 2 heterocycles. The fraction of sp³-hybridized carbons (Fsp3) is 0.407. The van der Waals surface area contributed by atoms with Gasteiger partial charge in [-0.1, -0.05) is 31.2 Å². The molecule has 1 fully saturated rings. The number of piperidine rings is 1. The van der Waals surface area contributed by atoms with Gasteiger partial charge in [0, 0.05) is 30.0 Å². The van der Waals surface area contributed by atoms with Gasteiger partial charge in [0.25, 0.3) is 5.91 Å². The minimum atomic E-state index is -0.0518. The first kappa shape index (κ1) is 22.1. The summed E-state index contributed by atoms with van der Waals surface area (Å²) in [6.07, 6.45) is 2.58. The molecular weight excluding hydrogens is 396 g/mol. The van der Waals surface area contributed by atoms with Crippen LogP contribution in [0.15, 0.2) is 54.6 Å². The van der Waals surface area contributed by atoms with Crippen LogP contribution in [-0.2, 0) is 6.54 Å². The zero-order chi connectivity index (χ0) is 22.7. The lowest BCUT2D eigenvalue weighted by Gasteiger charge is -2.33. The predicted octanol–water partition coefficient (Wildman–Crippen LogP) is 5.28. The Kier molecular flexibility index (Phi) is 6.63. The first-order chi connectivity index (χ1) is 15.4. The maximum absolute atomic E-state index is 12.8. The van der Waals surface area contributed by atoms with Crippen LogP contribution < -0.4 is 10.2 Å². The van der Waals surface area contributed by atoms with E-state index in [2.05, 4.69) is 59.5 Å². The van der Waals surface area contributed by atoms with Gasteiger partial charge in [-0.25, -0.2) is 0 Å². The molecule has 5 heteroatoms. The molecule has 1 saturated heterocycles. The van der Waals surface area contributed by atoms with Gasteiger partial charge in [0.1, 0.15) is 0 Å². The number of benzene rings is 2. The van der Waals surface area contributed by atoms with Gasteiger partial charge in [-0.2, -0.15) is 5.10 Å². The SMILES string of the molecule is Cc1cc(C)n(Cc2ccc(C(=O)N[C@H](C)c3ccc(N4CCC[C@@H](C)C4)cc3)cc2)n1. The molecule has 0 spiro atoms. The first-order valence-corrected chi connectivity index (χ1v) is 11.6. The molecule has 3 aromatic rings. The minimum Gasteiger partial charge on any atom is -0.371 e. The number of carbonyl (C=O) groups is 1. The second-order valence-electron chi connectivity index (χ2n) is 9.26. The lowest BCUT2D eigenvalue weighted by atomic mass is 9.99. The van der Waals surface area contributed by atoms with Gasteiger partial charge >= 0.3 is 0 Å². The van der Waals surface area contributed by atoms with Crippen LogP contribution in [0.2, 0.25) is 0 Å². The highest BCUT2D eigenvalue weighted by atomic mass is 16.1. The Morgan fingerprint density at radius 1 is 1.12 bits per heavy atom. The number of nitrogens with one attached hydrogen (secondary N) is 1. The Bertz CT molecular complexity index is 1050. The van der Waals surface area contributed by atoms with E-state index in [1.54, 1.807) is 0 Å². The van der Waals surface area contributed by atoms with Crippen molar-refractivity contribution in [3.05, 3.63) is 82.7 Å². The first-order valence-electron chi connectivity index (χ1n) is 11.6. The van der Waals surface area contributed by atoms with E-state index in [1.807, 2.05) is 42.8 Å². The number of aryl methyl sites for hydroxylation is 2. The van der Waals surface area contributed by atoms with Crippen LogP contribution in [-0.4, -0.2) is 28.8 Å². The van der Waals surface area contributed by atoms with Crippen LogP contribution in [0, 0.1) is 19.8 Å². The molecule has 4 rings (SSSR count). The Morgan fingerprint density at radius 2 is 1.84 bits per heavy atom. The third kappa shape index (κ3) is 5.21. The smallest absolute Gasteiger partial charge is 0.251 e. The van der Waals surface area contributed by atoms with Crippen molar-refractivity contribution in [2.75, 3.05) is 18.0 Å². The Hall–Kier alpha value is -3.08. The summed E-state index contributed by atoms with van der Waals surface area (Å²) in [6.45, 7) is 11.4. The van der Waals surface area contributed by atoms with Gasteiger partial charge in [-0.3, -0.25) is 9.48 Å². The zero-order valence-corrected chi connectivity index (χ0v) is 19.6. The number of amides is 1. The van der Waals surface area contributed by atoms with Gasteiger partial charge in [0.05, 0.1) is 18.3 Å². The third-order valence-corrected chi connectivity index (χ3v) is 6.41. The second kappa shape index (κ2) is 9.60. The maximum Gasteiger partial charge on any atom is 0.251 e.